The minimum absolute atomic E-state index is 0.0260. The van der Waals surface area contributed by atoms with Crippen molar-refractivity contribution in [1.29, 1.82) is 0 Å². The van der Waals surface area contributed by atoms with Gasteiger partial charge in [-0.05, 0) is 24.1 Å². The Kier molecular flexibility index (Phi) is 3.06. The maximum Gasteiger partial charge on any atom is 0.356 e. The molecular weight excluding hydrogens is 232 g/mol. The van der Waals surface area contributed by atoms with Gasteiger partial charge in [-0.1, -0.05) is 26.0 Å². The van der Waals surface area contributed by atoms with Crippen molar-refractivity contribution < 1.29 is 15.0 Å². The van der Waals surface area contributed by atoms with Crippen LogP contribution >= 0.6 is 0 Å². The van der Waals surface area contributed by atoms with Gasteiger partial charge in [0.25, 0.3) is 0 Å². The Hall–Kier alpha value is -2.30. The Labute approximate surface area is 104 Å². The van der Waals surface area contributed by atoms with Crippen molar-refractivity contribution in [2.75, 3.05) is 0 Å². The highest BCUT2D eigenvalue weighted by molar-refractivity contribution is 5.85. The monoisotopic (exact) mass is 246 g/mol. The van der Waals surface area contributed by atoms with Gasteiger partial charge in [-0.25, -0.2) is 9.48 Å². The van der Waals surface area contributed by atoms with Gasteiger partial charge in [-0.3, -0.25) is 0 Å². The Balaban J connectivity index is 2.63. The first-order valence-electron chi connectivity index (χ1n) is 5.62. The molecule has 0 radical (unpaired) electrons. The molecule has 1 aromatic carbocycles. The molecule has 18 heavy (non-hydrogen) atoms. The van der Waals surface area contributed by atoms with E-state index < -0.39 is 5.97 Å². The van der Waals surface area contributed by atoms with Gasteiger partial charge in [-0.15, -0.1) is 0 Å². The lowest BCUT2D eigenvalue weighted by atomic mass is 10.1. The Morgan fingerprint density at radius 1 is 1.33 bits per heavy atom. The number of carboxylic acids is 1. The van der Waals surface area contributed by atoms with Gasteiger partial charge < -0.3 is 10.2 Å². The molecule has 1 heterocycles. The summed E-state index contributed by atoms with van der Waals surface area (Å²) in [6, 6.07) is 8.23. The summed E-state index contributed by atoms with van der Waals surface area (Å²) in [7, 11) is 0. The molecule has 2 rings (SSSR count). The standard InChI is InChI=1S/C13H14N2O3/c1-8(2)11-7-9(13(17)18)14-15(11)10-5-3-4-6-12(10)16/h3-8,16H,1-2H3,(H,17,18). The molecule has 1 aromatic heterocycles. The lowest BCUT2D eigenvalue weighted by Gasteiger charge is -2.10. The molecule has 5 heteroatoms. The Bertz CT molecular complexity index is 588. The van der Waals surface area contributed by atoms with Crippen molar-refractivity contribution in [2.45, 2.75) is 19.8 Å². The number of benzene rings is 1. The number of hydrogen-bond donors (Lipinski definition) is 2. The molecule has 0 bridgehead atoms. The fourth-order valence-electron chi connectivity index (χ4n) is 1.75. The summed E-state index contributed by atoms with van der Waals surface area (Å²) >= 11 is 0. The summed E-state index contributed by atoms with van der Waals surface area (Å²) in [6.45, 7) is 3.89. The van der Waals surface area contributed by atoms with Crippen LogP contribution in [0.1, 0.15) is 35.9 Å². The molecule has 0 saturated carbocycles. The molecule has 0 fully saturated rings. The molecular formula is C13H14N2O3. The van der Waals surface area contributed by atoms with Crippen LogP contribution < -0.4 is 0 Å². The van der Waals surface area contributed by atoms with Gasteiger partial charge in [-0.2, -0.15) is 5.10 Å². The first kappa shape index (κ1) is 12.2. The Morgan fingerprint density at radius 3 is 2.56 bits per heavy atom. The number of rotatable bonds is 3. The minimum atomic E-state index is -1.08. The molecule has 0 unspecified atom stereocenters. The first-order valence-corrected chi connectivity index (χ1v) is 5.62. The normalized spacial score (nSPS) is 10.8. The minimum Gasteiger partial charge on any atom is -0.506 e. The van der Waals surface area contributed by atoms with Crippen molar-refractivity contribution in [1.82, 2.24) is 9.78 Å². The van der Waals surface area contributed by atoms with Gasteiger partial charge in [0.15, 0.2) is 5.69 Å². The lowest BCUT2D eigenvalue weighted by Crippen LogP contribution is -2.05. The van der Waals surface area contributed by atoms with Crippen molar-refractivity contribution in [3.8, 4) is 11.4 Å². The van der Waals surface area contributed by atoms with E-state index in [4.69, 9.17) is 5.11 Å². The highest BCUT2D eigenvalue weighted by atomic mass is 16.4. The van der Waals surface area contributed by atoms with Gasteiger partial charge in [0.05, 0.1) is 0 Å². The number of aromatic carboxylic acids is 1. The van der Waals surface area contributed by atoms with Crippen LogP contribution in [0.15, 0.2) is 30.3 Å². The van der Waals surface area contributed by atoms with Crippen LogP contribution in [-0.4, -0.2) is 26.0 Å². The number of nitrogens with zero attached hydrogens (tertiary/aromatic N) is 2. The summed E-state index contributed by atoms with van der Waals surface area (Å²) in [5.74, 6) is -0.907. The van der Waals surface area contributed by atoms with E-state index in [0.29, 0.717) is 5.69 Å². The van der Waals surface area contributed by atoms with Crippen LogP contribution in [0.5, 0.6) is 5.75 Å². The second-order valence-electron chi connectivity index (χ2n) is 4.31. The number of carboxylic acid groups (broad SMARTS) is 1. The number of aromatic hydroxyl groups is 1. The molecule has 2 aromatic rings. The van der Waals surface area contributed by atoms with E-state index in [1.807, 2.05) is 13.8 Å². The second-order valence-corrected chi connectivity index (χ2v) is 4.31. The van der Waals surface area contributed by atoms with Gasteiger partial charge in [0.2, 0.25) is 0 Å². The third-order valence-corrected chi connectivity index (χ3v) is 2.66. The van der Waals surface area contributed by atoms with Crippen LogP contribution in [0, 0.1) is 0 Å². The number of para-hydroxylation sites is 2. The molecule has 0 spiro atoms. The van der Waals surface area contributed by atoms with Crippen LogP contribution in [0.3, 0.4) is 0 Å². The Morgan fingerprint density at radius 2 is 2.00 bits per heavy atom. The zero-order valence-corrected chi connectivity index (χ0v) is 10.2. The molecule has 0 saturated heterocycles. The molecule has 0 atom stereocenters. The number of hydrogen-bond acceptors (Lipinski definition) is 3. The average molecular weight is 246 g/mol. The number of phenols is 1. The number of phenolic OH excluding ortho intramolecular Hbond substituents is 1. The summed E-state index contributed by atoms with van der Waals surface area (Å²) in [4.78, 5) is 11.0. The van der Waals surface area contributed by atoms with Gasteiger partial charge in [0, 0.05) is 5.69 Å². The first-order chi connectivity index (χ1) is 8.50. The highest BCUT2D eigenvalue weighted by Crippen LogP contribution is 2.25. The number of carbonyl (C=O) groups is 1. The quantitative estimate of drug-likeness (QED) is 0.872. The van der Waals surface area contributed by atoms with E-state index in [9.17, 15) is 9.90 Å². The molecule has 0 aliphatic carbocycles. The maximum absolute atomic E-state index is 11.0. The summed E-state index contributed by atoms with van der Waals surface area (Å²) in [5.41, 5.74) is 1.20. The number of aromatic nitrogens is 2. The van der Waals surface area contributed by atoms with E-state index in [1.165, 1.54) is 10.7 Å². The predicted octanol–water partition coefficient (Wildman–Crippen LogP) is 2.40. The van der Waals surface area contributed by atoms with E-state index in [-0.39, 0.29) is 17.4 Å². The van der Waals surface area contributed by atoms with E-state index in [2.05, 4.69) is 5.10 Å². The molecule has 0 aliphatic rings. The SMILES string of the molecule is CC(C)c1cc(C(=O)O)nn1-c1ccccc1O. The van der Waals surface area contributed by atoms with Gasteiger partial charge >= 0.3 is 5.97 Å². The van der Waals surface area contributed by atoms with Gasteiger partial charge in [0.1, 0.15) is 11.4 Å². The molecule has 94 valence electrons. The van der Waals surface area contributed by atoms with Crippen molar-refractivity contribution in [3.63, 3.8) is 0 Å². The average Bonchev–Trinajstić information content (AvgIpc) is 2.74. The lowest BCUT2D eigenvalue weighted by molar-refractivity contribution is 0.0690. The third kappa shape index (κ3) is 2.07. The third-order valence-electron chi connectivity index (χ3n) is 2.66. The topological polar surface area (TPSA) is 75.3 Å². The summed E-state index contributed by atoms with van der Waals surface area (Å²) < 4.78 is 1.48. The zero-order chi connectivity index (χ0) is 13.3. The van der Waals surface area contributed by atoms with Crippen LogP contribution in [-0.2, 0) is 0 Å². The van der Waals surface area contributed by atoms with E-state index in [0.717, 1.165) is 5.69 Å². The van der Waals surface area contributed by atoms with E-state index in [1.54, 1.807) is 24.3 Å². The fraction of sp³-hybridized carbons (Fsp3) is 0.231. The molecule has 2 N–H and O–H groups in total. The molecule has 5 nitrogen and oxygen atoms in total. The summed E-state index contributed by atoms with van der Waals surface area (Å²) in [6.07, 6.45) is 0. The summed E-state index contributed by atoms with van der Waals surface area (Å²) in [5, 5.41) is 22.8. The zero-order valence-electron chi connectivity index (χ0n) is 10.2. The molecule has 0 aliphatic heterocycles. The highest BCUT2D eigenvalue weighted by Gasteiger charge is 2.17. The van der Waals surface area contributed by atoms with Crippen molar-refractivity contribution >= 4 is 5.97 Å². The van der Waals surface area contributed by atoms with Crippen LogP contribution in [0.2, 0.25) is 0 Å². The molecule has 0 amide bonds. The fourth-order valence-corrected chi connectivity index (χ4v) is 1.75. The van der Waals surface area contributed by atoms with Crippen LogP contribution in [0.25, 0.3) is 5.69 Å². The smallest absolute Gasteiger partial charge is 0.356 e. The van der Waals surface area contributed by atoms with E-state index >= 15 is 0 Å². The predicted molar refractivity (Wildman–Crippen MR) is 66.3 cm³/mol. The van der Waals surface area contributed by atoms with Crippen molar-refractivity contribution in [2.24, 2.45) is 0 Å². The van der Waals surface area contributed by atoms with Crippen molar-refractivity contribution in [3.05, 3.63) is 41.7 Å². The maximum atomic E-state index is 11.0. The largest absolute Gasteiger partial charge is 0.506 e. The van der Waals surface area contributed by atoms with Crippen LogP contribution in [0.4, 0.5) is 0 Å². The second kappa shape index (κ2) is 4.52.